The molecule has 0 radical (unpaired) electrons. The number of aliphatic hydroxyl groups is 4. The Hall–Kier alpha value is -2.69. The van der Waals surface area contributed by atoms with Gasteiger partial charge in [0.1, 0.15) is 53.3 Å². The largest absolute Gasteiger partial charge is 0.508 e. The van der Waals surface area contributed by atoms with E-state index in [-0.39, 0.29) is 35.0 Å². The number of carbonyl (C=O) groups is 1. The summed E-state index contributed by atoms with van der Waals surface area (Å²) in [6, 6.07) is 11.6. The van der Waals surface area contributed by atoms with E-state index in [1.165, 1.54) is 12.1 Å². The van der Waals surface area contributed by atoms with Crippen LogP contribution in [0.1, 0.15) is 28.4 Å². The van der Waals surface area contributed by atoms with Crippen LogP contribution in [0.15, 0.2) is 42.5 Å². The van der Waals surface area contributed by atoms with Gasteiger partial charge in [0.25, 0.3) is 0 Å². The highest BCUT2D eigenvalue weighted by Gasteiger charge is 2.45. The maximum atomic E-state index is 12.9. The summed E-state index contributed by atoms with van der Waals surface area (Å²) < 4.78 is 16.8. The topological polar surface area (TPSA) is 146 Å². The molecule has 9 nitrogen and oxygen atoms in total. The highest BCUT2D eigenvalue weighted by molar-refractivity contribution is 6.02. The molecule has 1 saturated heterocycles. The van der Waals surface area contributed by atoms with Crippen molar-refractivity contribution >= 4 is 5.78 Å². The van der Waals surface area contributed by atoms with Gasteiger partial charge in [-0.05, 0) is 5.56 Å². The summed E-state index contributed by atoms with van der Waals surface area (Å²) in [6.07, 6.45) is -8.00. The molecule has 2 heterocycles. The Morgan fingerprint density at radius 2 is 1.77 bits per heavy atom. The number of ether oxygens (including phenoxy) is 3. The van der Waals surface area contributed by atoms with Crippen LogP contribution in [0, 0.1) is 0 Å². The zero-order valence-electron chi connectivity index (χ0n) is 15.8. The molecule has 2 aromatic rings. The second kappa shape index (κ2) is 8.21. The number of carbonyl (C=O) groups excluding carboxylic acids is 1. The highest BCUT2D eigenvalue weighted by atomic mass is 16.7. The fourth-order valence-corrected chi connectivity index (χ4v) is 3.65. The predicted octanol–water partition coefficient (Wildman–Crippen LogP) is 0.277. The number of fused-ring (bicyclic) bond motifs is 1. The van der Waals surface area contributed by atoms with E-state index in [2.05, 4.69) is 0 Å². The normalized spacial score (nSPS) is 31.0. The first-order chi connectivity index (χ1) is 14.4. The van der Waals surface area contributed by atoms with Gasteiger partial charge in [-0.2, -0.15) is 0 Å². The molecule has 0 bridgehead atoms. The number of phenolic OH excluding ortho intramolecular Hbond substituents is 1. The molecule has 4 rings (SSSR count). The van der Waals surface area contributed by atoms with Crippen molar-refractivity contribution in [2.45, 2.75) is 43.2 Å². The van der Waals surface area contributed by atoms with Crippen molar-refractivity contribution in [2.75, 3.05) is 6.61 Å². The fraction of sp³-hybridized carbons (Fsp3) is 0.381. The van der Waals surface area contributed by atoms with Gasteiger partial charge in [-0.3, -0.25) is 4.79 Å². The molecule has 1 fully saturated rings. The number of phenols is 1. The number of benzene rings is 2. The lowest BCUT2D eigenvalue weighted by Gasteiger charge is -2.40. The average molecular weight is 418 g/mol. The molecule has 0 aliphatic carbocycles. The van der Waals surface area contributed by atoms with Crippen LogP contribution in [0.4, 0.5) is 0 Å². The molecule has 0 aromatic heterocycles. The van der Waals surface area contributed by atoms with E-state index in [1.807, 2.05) is 30.3 Å². The molecular formula is C21H22O9. The van der Waals surface area contributed by atoms with Crippen LogP contribution in [0.3, 0.4) is 0 Å². The van der Waals surface area contributed by atoms with Crippen LogP contribution in [0.5, 0.6) is 17.2 Å². The Labute approximate surface area is 171 Å². The minimum Gasteiger partial charge on any atom is -0.508 e. The average Bonchev–Trinajstić information content (AvgIpc) is 2.74. The quantitative estimate of drug-likeness (QED) is 0.472. The molecule has 0 spiro atoms. The van der Waals surface area contributed by atoms with Gasteiger partial charge in [-0.25, -0.2) is 0 Å². The Kier molecular flexibility index (Phi) is 5.63. The number of aromatic hydroxyl groups is 1. The highest BCUT2D eigenvalue weighted by Crippen LogP contribution is 2.43. The number of hydrogen-bond acceptors (Lipinski definition) is 9. The number of hydrogen-bond donors (Lipinski definition) is 5. The zero-order chi connectivity index (χ0) is 21.4. The van der Waals surface area contributed by atoms with Crippen molar-refractivity contribution in [1.82, 2.24) is 0 Å². The predicted molar refractivity (Wildman–Crippen MR) is 101 cm³/mol. The van der Waals surface area contributed by atoms with Gasteiger partial charge in [0.2, 0.25) is 6.29 Å². The third-order valence-corrected chi connectivity index (χ3v) is 5.23. The van der Waals surface area contributed by atoms with Gasteiger partial charge in [0, 0.05) is 12.1 Å². The van der Waals surface area contributed by atoms with Crippen molar-refractivity contribution in [3.63, 3.8) is 0 Å². The molecule has 2 aliphatic heterocycles. The Morgan fingerprint density at radius 1 is 1.03 bits per heavy atom. The summed E-state index contributed by atoms with van der Waals surface area (Å²) >= 11 is 0. The monoisotopic (exact) mass is 418 g/mol. The summed E-state index contributed by atoms with van der Waals surface area (Å²) in [6.45, 7) is -0.621. The SMILES string of the molecule is O=C1C[C@H](c2ccccc2)Oc2cc(O)cc(O[C@@H]3O[C@H](CO)[C@@H](O)[C@H](O)[C@H]3O)c21. The maximum Gasteiger partial charge on any atom is 0.229 e. The summed E-state index contributed by atoms with van der Waals surface area (Å²) in [4.78, 5) is 12.9. The van der Waals surface area contributed by atoms with E-state index in [0.717, 1.165) is 5.56 Å². The minimum atomic E-state index is -1.66. The van der Waals surface area contributed by atoms with E-state index in [9.17, 15) is 30.3 Å². The van der Waals surface area contributed by atoms with Crippen LogP contribution in [-0.4, -0.2) is 68.6 Å². The molecule has 0 saturated carbocycles. The molecule has 6 atom stereocenters. The van der Waals surface area contributed by atoms with E-state index < -0.39 is 43.4 Å². The third kappa shape index (κ3) is 3.73. The Bertz CT molecular complexity index is 914. The van der Waals surface area contributed by atoms with Crippen molar-refractivity contribution in [3.8, 4) is 17.2 Å². The van der Waals surface area contributed by atoms with Gasteiger partial charge in [0.05, 0.1) is 13.0 Å². The van der Waals surface area contributed by atoms with Crippen LogP contribution in [-0.2, 0) is 4.74 Å². The second-order valence-electron chi connectivity index (χ2n) is 7.28. The van der Waals surface area contributed by atoms with E-state index in [0.29, 0.717) is 0 Å². The first-order valence-corrected chi connectivity index (χ1v) is 9.48. The number of rotatable bonds is 4. The molecule has 160 valence electrons. The lowest BCUT2D eigenvalue weighted by molar-refractivity contribution is -0.277. The fourth-order valence-electron chi connectivity index (χ4n) is 3.65. The summed E-state index contributed by atoms with van der Waals surface area (Å²) in [7, 11) is 0. The Morgan fingerprint density at radius 3 is 2.47 bits per heavy atom. The molecule has 0 amide bonds. The molecule has 5 N–H and O–H groups in total. The molecule has 2 aliphatic rings. The number of ketones is 1. The zero-order valence-corrected chi connectivity index (χ0v) is 15.8. The second-order valence-corrected chi connectivity index (χ2v) is 7.28. The van der Waals surface area contributed by atoms with E-state index in [1.54, 1.807) is 0 Å². The minimum absolute atomic E-state index is 0.0346. The van der Waals surface area contributed by atoms with Crippen molar-refractivity contribution < 1.29 is 44.5 Å². The number of aliphatic hydroxyl groups excluding tert-OH is 4. The van der Waals surface area contributed by atoms with Crippen molar-refractivity contribution in [3.05, 3.63) is 53.6 Å². The van der Waals surface area contributed by atoms with Crippen LogP contribution in [0.2, 0.25) is 0 Å². The first-order valence-electron chi connectivity index (χ1n) is 9.48. The molecule has 0 unspecified atom stereocenters. The lowest BCUT2D eigenvalue weighted by Crippen LogP contribution is -2.60. The van der Waals surface area contributed by atoms with Crippen LogP contribution < -0.4 is 9.47 Å². The third-order valence-electron chi connectivity index (χ3n) is 5.23. The first kappa shape index (κ1) is 20.6. The van der Waals surface area contributed by atoms with E-state index >= 15 is 0 Å². The van der Waals surface area contributed by atoms with Gasteiger partial charge >= 0.3 is 0 Å². The van der Waals surface area contributed by atoms with Gasteiger partial charge in [0.15, 0.2) is 5.78 Å². The smallest absolute Gasteiger partial charge is 0.229 e. The summed E-state index contributed by atoms with van der Waals surface area (Å²) in [5.74, 6) is -0.537. The van der Waals surface area contributed by atoms with E-state index in [4.69, 9.17) is 14.2 Å². The van der Waals surface area contributed by atoms with Crippen LogP contribution in [0.25, 0.3) is 0 Å². The molecule has 9 heteroatoms. The molecule has 30 heavy (non-hydrogen) atoms. The maximum absolute atomic E-state index is 12.9. The Balaban J connectivity index is 1.63. The molecule has 2 aromatic carbocycles. The summed E-state index contributed by atoms with van der Waals surface area (Å²) in [5.41, 5.74) is 0.869. The summed E-state index contributed by atoms with van der Waals surface area (Å²) in [5, 5.41) is 49.4. The number of Topliss-reactive ketones (excluding diaryl/α,β-unsaturated/α-hetero) is 1. The molecular weight excluding hydrogens is 396 g/mol. The standard InChI is InChI=1S/C21H22O9/c22-9-16-18(25)19(26)20(27)21(30-16)29-15-7-11(23)6-14-17(15)12(24)8-13(28-14)10-4-2-1-3-5-10/h1-7,13,16,18-23,25-27H,8-9H2/t13-,16-,18-,19+,20-,21-/m1/s1. The van der Waals surface area contributed by atoms with Gasteiger partial charge in [-0.15, -0.1) is 0 Å². The van der Waals surface area contributed by atoms with Gasteiger partial charge in [-0.1, -0.05) is 30.3 Å². The van der Waals surface area contributed by atoms with Crippen molar-refractivity contribution in [1.29, 1.82) is 0 Å². The lowest BCUT2D eigenvalue weighted by atomic mass is 9.95. The van der Waals surface area contributed by atoms with Crippen LogP contribution >= 0.6 is 0 Å². The van der Waals surface area contributed by atoms with Gasteiger partial charge < -0.3 is 39.7 Å². The van der Waals surface area contributed by atoms with Crippen molar-refractivity contribution in [2.24, 2.45) is 0 Å².